The zero-order valence-corrected chi connectivity index (χ0v) is 6.30. The van der Waals surface area contributed by atoms with Crippen molar-refractivity contribution in [1.29, 1.82) is 0 Å². The van der Waals surface area contributed by atoms with E-state index in [1.165, 1.54) is 0 Å². The number of halogens is 2. The highest BCUT2D eigenvalue weighted by Gasteiger charge is 2.33. The average Bonchev–Trinajstić information content (AvgIpc) is 1.86. The quantitative estimate of drug-likeness (QED) is 0.542. The highest BCUT2D eigenvalue weighted by molar-refractivity contribution is 4.79. The molecule has 68 valence electrons. The highest BCUT2D eigenvalue weighted by Crippen LogP contribution is 2.20. The van der Waals surface area contributed by atoms with E-state index in [0.29, 0.717) is 0 Å². The second-order valence-corrected chi connectivity index (χ2v) is 2.75. The van der Waals surface area contributed by atoms with Gasteiger partial charge in [0.05, 0.1) is 6.10 Å². The molecule has 0 aliphatic rings. The first kappa shape index (κ1) is 10.7. The molecule has 0 amide bonds. The van der Waals surface area contributed by atoms with Gasteiger partial charge in [-0.25, -0.2) is 8.78 Å². The van der Waals surface area contributed by atoms with Gasteiger partial charge in [0.15, 0.2) is 0 Å². The van der Waals surface area contributed by atoms with Gasteiger partial charge in [0, 0.05) is 13.0 Å². The molecular formula is C6H13F2NO2. The maximum Gasteiger partial charge on any atom is 0.266 e. The zero-order chi connectivity index (χ0) is 9.07. The van der Waals surface area contributed by atoms with Gasteiger partial charge in [-0.1, -0.05) is 0 Å². The van der Waals surface area contributed by atoms with Crippen LogP contribution >= 0.6 is 0 Å². The fraction of sp³-hybridized carbons (Fsp3) is 1.00. The van der Waals surface area contributed by atoms with Gasteiger partial charge >= 0.3 is 0 Å². The molecule has 11 heavy (non-hydrogen) atoms. The largest absolute Gasteiger partial charge is 0.392 e. The number of hydrogen-bond acceptors (Lipinski definition) is 3. The van der Waals surface area contributed by atoms with Crippen LogP contribution in [0.25, 0.3) is 0 Å². The van der Waals surface area contributed by atoms with Gasteiger partial charge in [-0.2, -0.15) is 0 Å². The molecular weight excluding hydrogens is 156 g/mol. The Labute approximate surface area is 63.8 Å². The minimum absolute atomic E-state index is 0.122. The smallest absolute Gasteiger partial charge is 0.266 e. The van der Waals surface area contributed by atoms with Crippen molar-refractivity contribution in [3.05, 3.63) is 0 Å². The van der Waals surface area contributed by atoms with Crippen molar-refractivity contribution in [3.8, 4) is 0 Å². The third-order valence-corrected chi connectivity index (χ3v) is 1.39. The molecule has 0 rings (SSSR count). The van der Waals surface area contributed by atoms with Gasteiger partial charge in [0.25, 0.3) is 6.43 Å². The topological polar surface area (TPSA) is 66.5 Å². The average molecular weight is 169 g/mol. The minimum Gasteiger partial charge on any atom is -0.392 e. The molecule has 2 atom stereocenters. The van der Waals surface area contributed by atoms with Crippen LogP contribution in [0.2, 0.25) is 0 Å². The maximum atomic E-state index is 11.9. The van der Waals surface area contributed by atoms with Gasteiger partial charge in [-0.15, -0.1) is 0 Å². The van der Waals surface area contributed by atoms with Crippen molar-refractivity contribution in [2.24, 2.45) is 5.73 Å². The Hall–Kier alpha value is -0.260. The Morgan fingerprint density at radius 3 is 2.27 bits per heavy atom. The van der Waals surface area contributed by atoms with E-state index in [-0.39, 0.29) is 6.54 Å². The second-order valence-electron chi connectivity index (χ2n) is 2.75. The number of rotatable bonds is 4. The van der Waals surface area contributed by atoms with Crippen LogP contribution in [0.4, 0.5) is 8.78 Å². The van der Waals surface area contributed by atoms with Crippen LogP contribution in [-0.4, -0.2) is 34.9 Å². The summed E-state index contributed by atoms with van der Waals surface area (Å²) in [5.74, 6) is 0. The number of nitrogens with two attached hydrogens (primary N) is 1. The Morgan fingerprint density at radius 1 is 1.55 bits per heavy atom. The zero-order valence-electron chi connectivity index (χ0n) is 6.30. The standard InChI is InChI=1S/C6H13F2NO2/c1-6(11,5(7)8)2-4(10)3-9/h4-5,10-11H,2-3,9H2,1H3/t4-,6-/m0/s1. The lowest BCUT2D eigenvalue weighted by atomic mass is 9.99. The normalized spacial score (nSPS) is 19.9. The molecule has 0 spiro atoms. The fourth-order valence-corrected chi connectivity index (χ4v) is 0.649. The summed E-state index contributed by atoms with van der Waals surface area (Å²) < 4.78 is 23.8. The summed E-state index contributed by atoms with van der Waals surface area (Å²) in [5, 5.41) is 17.8. The van der Waals surface area contributed by atoms with Gasteiger partial charge in [-0.05, 0) is 6.92 Å². The molecule has 3 nitrogen and oxygen atoms in total. The third-order valence-electron chi connectivity index (χ3n) is 1.39. The second kappa shape index (κ2) is 3.94. The van der Waals surface area contributed by atoms with Gasteiger partial charge < -0.3 is 15.9 Å². The molecule has 0 fully saturated rings. The van der Waals surface area contributed by atoms with E-state index in [4.69, 9.17) is 15.9 Å². The summed E-state index contributed by atoms with van der Waals surface area (Å²) in [6, 6.07) is 0. The molecule has 0 unspecified atom stereocenters. The molecule has 0 aromatic rings. The van der Waals surface area contributed by atoms with E-state index in [1.54, 1.807) is 0 Å². The first-order valence-electron chi connectivity index (χ1n) is 3.29. The predicted octanol–water partition coefficient (Wildman–Crippen LogP) is -0.288. The van der Waals surface area contributed by atoms with Crippen molar-refractivity contribution < 1.29 is 19.0 Å². The number of aliphatic hydroxyl groups excluding tert-OH is 1. The number of alkyl halides is 2. The third kappa shape index (κ3) is 3.60. The van der Waals surface area contributed by atoms with Crippen LogP contribution in [0.5, 0.6) is 0 Å². The van der Waals surface area contributed by atoms with E-state index in [9.17, 15) is 8.78 Å². The summed E-state index contributed by atoms with van der Waals surface area (Å²) in [6.45, 7) is 0.847. The van der Waals surface area contributed by atoms with Crippen molar-refractivity contribution in [1.82, 2.24) is 0 Å². The van der Waals surface area contributed by atoms with Crippen molar-refractivity contribution in [3.63, 3.8) is 0 Å². The van der Waals surface area contributed by atoms with E-state index in [0.717, 1.165) is 6.92 Å². The summed E-state index contributed by atoms with van der Waals surface area (Å²) in [6.07, 6.45) is -4.33. The number of hydrogen-bond donors (Lipinski definition) is 3. The van der Waals surface area contributed by atoms with Crippen molar-refractivity contribution in [2.75, 3.05) is 6.54 Å². The van der Waals surface area contributed by atoms with Crippen LogP contribution in [0.3, 0.4) is 0 Å². The van der Waals surface area contributed by atoms with Crippen molar-refractivity contribution in [2.45, 2.75) is 31.5 Å². The molecule has 0 aromatic heterocycles. The molecule has 0 aliphatic carbocycles. The van der Waals surface area contributed by atoms with Gasteiger partial charge in [0.1, 0.15) is 5.60 Å². The SMILES string of the molecule is C[C@](O)(C[C@H](O)CN)C(F)F. The van der Waals surface area contributed by atoms with Crippen LogP contribution < -0.4 is 5.73 Å². The lowest BCUT2D eigenvalue weighted by Crippen LogP contribution is -2.39. The lowest BCUT2D eigenvalue weighted by Gasteiger charge is -2.24. The van der Waals surface area contributed by atoms with E-state index < -0.39 is 24.6 Å². The Morgan fingerprint density at radius 2 is 2.00 bits per heavy atom. The van der Waals surface area contributed by atoms with E-state index in [2.05, 4.69) is 0 Å². The molecule has 0 heterocycles. The summed E-state index contributed by atoms with van der Waals surface area (Å²) >= 11 is 0. The Kier molecular flexibility index (Phi) is 3.85. The number of aliphatic hydroxyl groups is 2. The van der Waals surface area contributed by atoms with Crippen LogP contribution in [0.1, 0.15) is 13.3 Å². The van der Waals surface area contributed by atoms with Crippen LogP contribution in [0, 0.1) is 0 Å². The molecule has 4 N–H and O–H groups in total. The fourth-order valence-electron chi connectivity index (χ4n) is 0.649. The van der Waals surface area contributed by atoms with E-state index in [1.807, 2.05) is 0 Å². The first-order chi connectivity index (χ1) is 4.90. The lowest BCUT2D eigenvalue weighted by molar-refractivity contribution is -0.104. The van der Waals surface area contributed by atoms with Gasteiger partial charge in [0.2, 0.25) is 0 Å². The van der Waals surface area contributed by atoms with Crippen molar-refractivity contribution >= 4 is 0 Å². The molecule has 0 radical (unpaired) electrons. The summed E-state index contributed by atoms with van der Waals surface area (Å²) in [7, 11) is 0. The summed E-state index contributed by atoms with van der Waals surface area (Å²) in [5.41, 5.74) is 2.83. The first-order valence-corrected chi connectivity index (χ1v) is 3.29. The molecule has 5 heteroatoms. The molecule has 0 saturated heterocycles. The molecule has 0 bridgehead atoms. The Bertz CT molecular complexity index is 119. The predicted molar refractivity (Wildman–Crippen MR) is 36.3 cm³/mol. The molecule has 0 saturated carbocycles. The van der Waals surface area contributed by atoms with Crippen LogP contribution in [-0.2, 0) is 0 Å². The van der Waals surface area contributed by atoms with Gasteiger partial charge in [-0.3, -0.25) is 0 Å². The molecule has 0 aliphatic heterocycles. The Balaban J connectivity index is 3.90. The maximum absolute atomic E-state index is 11.9. The highest BCUT2D eigenvalue weighted by atomic mass is 19.3. The van der Waals surface area contributed by atoms with Crippen LogP contribution in [0.15, 0.2) is 0 Å². The van der Waals surface area contributed by atoms with E-state index >= 15 is 0 Å². The monoisotopic (exact) mass is 169 g/mol. The molecule has 0 aromatic carbocycles. The summed E-state index contributed by atoms with van der Waals surface area (Å²) in [4.78, 5) is 0. The minimum atomic E-state index is -2.86.